The predicted octanol–water partition coefficient (Wildman–Crippen LogP) is 3.46. The number of hydrogen-bond donors (Lipinski definition) is 0. The molecular weight excluding hydrogens is 203 g/mol. The molecule has 0 spiro atoms. The van der Waals surface area contributed by atoms with Crippen molar-refractivity contribution in [2.75, 3.05) is 0 Å². The van der Waals surface area contributed by atoms with Gasteiger partial charge in [-0.3, -0.25) is 4.79 Å². The fraction of sp³-hybridized carbons (Fsp3) is 0.364. The standard InChI is InChI=1S/C11H10ClFO/c12-8-2-1-3-9(13)11(8)10(14)6-7-4-5-7/h1-3,7H,4-6H2. The normalized spacial score (nSPS) is 15.6. The summed E-state index contributed by atoms with van der Waals surface area (Å²) < 4.78 is 13.3. The highest BCUT2D eigenvalue weighted by atomic mass is 35.5. The van der Waals surface area contributed by atoms with Crippen molar-refractivity contribution in [2.45, 2.75) is 19.3 Å². The van der Waals surface area contributed by atoms with Crippen LogP contribution in [0.25, 0.3) is 0 Å². The van der Waals surface area contributed by atoms with Gasteiger partial charge in [-0.2, -0.15) is 0 Å². The number of rotatable bonds is 3. The van der Waals surface area contributed by atoms with Crippen LogP contribution in [0.4, 0.5) is 4.39 Å². The van der Waals surface area contributed by atoms with Crippen molar-refractivity contribution in [3.63, 3.8) is 0 Å². The molecule has 0 N–H and O–H groups in total. The Kier molecular flexibility index (Phi) is 2.55. The van der Waals surface area contributed by atoms with Gasteiger partial charge in [0.2, 0.25) is 0 Å². The molecular formula is C11H10ClFO. The Balaban J connectivity index is 2.24. The number of carbonyl (C=O) groups is 1. The first kappa shape index (κ1) is 9.66. The van der Waals surface area contributed by atoms with Crippen LogP contribution in [0.2, 0.25) is 5.02 Å². The van der Waals surface area contributed by atoms with Crippen LogP contribution in [-0.4, -0.2) is 5.78 Å². The molecule has 3 heteroatoms. The SMILES string of the molecule is O=C(CC1CC1)c1c(F)cccc1Cl. The lowest BCUT2D eigenvalue weighted by Crippen LogP contribution is -2.04. The second-order valence-electron chi connectivity index (χ2n) is 3.67. The van der Waals surface area contributed by atoms with Crippen LogP contribution >= 0.6 is 11.6 Å². The minimum atomic E-state index is -0.511. The van der Waals surface area contributed by atoms with Crippen molar-refractivity contribution >= 4 is 17.4 Å². The molecule has 0 radical (unpaired) electrons. The lowest BCUT2D eigenvalue weighted by atomic mass is 10.1. The number of hydrogen-bond acceptors (Lipinski definition) is 1. The second-order valence-corrected chi connectivity index (χ2v) is 4.07. The Bertz CT molecular complexity index is 351. The Hall–Kier alpha value is -0.890. The summed E-state index contributed by atoms with van der Waals surface area (Å²) in [5.41, 5.74) is 0.0565. The minimum absolute atomic E-state index is 0.0565. The fourth-order valence-corrected chi connectivity index (χ4v) is 1.72. The van der Waals surface area contributed by atoms with Gasteiger partial charge in [-0.25, -0.2) is 4.39 Å². The van der Waals surface area contributed by atoms with Gasteiger partial charge in [0, 0.05) is 6.42 Å². The lowest BCUT2D eigenvalue weighted by molar-refractivity contribution is 0.0972. The van der Waals surface area contributed by atoms with Gasteiger partial charge in [0.1, 0.15) is 5.82 Å². The molecule has 0 unspecified atom stereocenters. The molecule has 1 saturated carbocycles. The molecule has 14 heavy (non-hydrogen) atoms. The molecule has 0 atom stereocenters. The molecule has 0 aliphatic heterocycles. The molecule has 1 aromatic carbocycles. The summed E-state index contributed by atoms with van der Waals surface area (Å²) in [4.78, 5) is 11.6. The van der Waals surface area contributed by atoms with E-state index < -0.39 is 5.82 Å². The number of carbonyl (C=O) groups excluding carboxylic acids is 1. The molecule has 1 nitrogen and oxygen atoms in total. The zero-order valence-corrected chi connectivity index (χ0v) is 8.35. The van der Waals surface area contributed by atoms with E-state index in [1.165, 1.54) is 12.1 Å². The predicted molar refractivity (Wildman–Crippen MR) is 53.1 cm³/mol. The van der Waals surface area contributed by atoms with Crippen LogP contribution in [0.3, 0.4) is 0 Å². The van der Waals surface area contributed by atoms with E-state index in [-0.39, 0.29) is 16.4 Å². The van der Waals surface area contributed by atoms with E-state index in [2.05, 4.69) is 0 Å². The summed E-state index contributed by atoms with van der Waals surface area (Å²) in [5.74, 6) is -0.225. The maximum absolute atomic E-state index is 13.3. The van der Waals surface area contributed by atoms with Crippen molar-refractivity contribution in [3.8, 4) is 0 Å². The number of halogens is 2. The van der Waals surface area contributed by atoms with E-state index >= 15 is 0 Å². The fourth-order valence-electron chi connectivity index (χ4n) is 1.45. The molecule has 1 aromatic rings. The van der Waals surface area contributed by atoms with Crippen LogP contribution in [-0.2, 0) is 0 Å². The largest absolute Gasteiger partial charge is 0.294 e. The van der Waals surface area contributed by atoms with Gasteiger partial charge in [0.05, 0.1) is 10.6 Å². The first-order valence-electron chi connectivity index (χ1n) is 4.65. The Morgan fingerprint density at radius 1 is 1.50 bits per heavy atom. The van der Waals surface area contributed by atoms with E-state index in [4.69, 9.17) is 11.6 Å². The topological polar surface area (TPSA) is 17.1 Å². The molecule has 1 aliphatic carbocycles. The molecule has 0 heterocycles. The van der Waals surface area contributed by atoms with E-state index in [9.17, 15) is 9.18 Å². The molecule has 1 aliphatic rings. The third kappa shape index (κ3) is 1.95. The van der Waals surface area contributed by atoms with Gasteiger partial charge in [0.15, 0.2) is 5.78 Å². The lowest BCUT2D eigenvalue weighted by Gasteiger charge is -2.03. The van der Waals surface area contributed by atoms with Crippen LogP contribution in [0.1, 0.15) is 29.6 Å². The maximum Gasteiger partial charge on any atom is 0.167 e. The van der Waals surface area contributed by atoms with Crippen LogP contribution in [0, 0.1) is 11.7 Å². The van der Waals surface area contributed by atoms with Crippen molar-refractivity contribution < 1.29 is 9.18 Å². The van der Waals surface area contributed by atoms with Crippen molar-refractivity contribution in [1.82, 2.24) is 0 Å². The molecule has 0 amide bonds. The molecule has 1 fully saturated rings. The third-order valence-electron chi connectivity index (χ3n) is 2.41. The van der Waals surface area contributed by atoms with Gasteiger partial charge in [-0.1, -0.05) is 17.7 Å². The highest BCUT2D eigenvalue weighted by molar-refractivity contribution is 6.34. The Morgan fingerprint density at radius 2 is 2.21 bits per heavy atom. The minimum Gasteiger partial charge on any atom is -0.294 e. The van der Waals surface area contributed by atoms with E-state index in [0.717, 1.165) is 12.8 Å². The summed E-state index contributed by atoms with van der Waals surface area (Å²) >= 11 is 5.77. The van der Waals surface area contributed by atoms with Gasteiger partial charge in [-0.15, -0.1) is 0 Å². The Morgan fingerprint density at radius 3 is 2.79 bits per heavy atom. The average Bonchev–Trinajstić information content (AvgIpc) is 2.87. The van der Waals surface area contributed by atoms with E-state index in [1.807, 2.05) is 0 Å². The van der Waals surface area contributed by atoms with Gasteiger partial charge < -0.3 is 0 Å². The zero-order chi connectivity index (χ0) is 10.1. The van der Waals surface area contributed by atoms with Gasteiger partial charge >= 0.3 is 0 Å². The van der Waals surface area contributed by atoms with E-state index in [0.29, 0.717) is 12.3 Å². The number of ketones is 1. The molecule has 2 rings (SSSR count). The van der Waals surface area contributed by atoms with Gasteiger partial charge in [-0.05, 0) is 30.9 Å². The van der Waals surface area contributed by atoms with Crippen molar-refractivity contribution in [3.05, 3.63) is 34.6 Å². The second kappa shape index (κ2) is 3.70. The number of Topliss-reactive ketones (excluding diaryl/α,β-unsaturated/α-hetero) is 1. The molecule has 0 bridgehead atoms. The van der Waals surface area contributed by atoms with Gasteiger partial charge in [0.25, 0.3) is 0 Å². The number of benzene rings is 1. The average molecular weight is 213 g/mol. The maximum atomic E-state index is 13.3. The monoisotopic (exact) mass is 212 g/mol. The summed E-state index contributed by atoms with van der Waals surface area (Å²) in [7, 11) is 0. The van der Waals surface area contributed by atoms with Crippen LogP contribution in [0.15, 0.2) is 18.2 Å². The van der Waals surface area contributed by atoms with Crippen LogP contribution in [0.5, 0.6) is 0 Å². The first-order chi connectivity index (χ1) is 6.68. The molecule has 0 saturated heterocycles. The Labute approximate surface area is 86.9 Å². The summed E-state index contributed by atoms with van der Waals surface area (Å²) in [6.45, 7) is 0. The van der Waals surface area contributed by atoms with Crippen molar-refractivity contribution in [1.29, 1.82) is 0 Å². The molecule has 0 aromatic heterocycles. The summed E-state index contributed by atoms with van der Waals surface area (Å²) in [6, 6.07) is 4.32. The smallest absolute Gasteiger partial charge is 0.167 e. The van der Waals surface area contributed by atoms with E-state index in [1.54, 1.807) is 6.07 Å². The highest BCUT2D eigenvalue weighted by Crippen LogP contribution is 2.34. The quantitative estimate of drug-likeness (QED) is 0.702. The first-order valence-corrected chi connectivity index (χ1v) is 5.03. The van der Waals surface area contributed by atoms with Crippen LogP contribution < -0.4 is 0 Å². The summed E-state index contributed by atoms with van der Waals surface area (Å²) in [6.07, 6.45) is 2.59. The molecule has 74 valence electrons. The highest BCUT2D eigenvalue weighted by Gasteiger charge is 2.27. The zero-order valence-electron chi connectivity index (χ0n) is 7.59. The third-order valence-corrected chi connectivity index (χ3v) is 2.73. The van der Waals surface area contributed by atoms with Crippen molar-refractivity contribution in [2.24, 2.45) is 5.92 Å². The summed E-state index contributed by atoms with van der Waals surface area (Å²) in [5, 5.41) is 0.218.